The van der Waals surface area contributed by atoms with Crippen molar-refractivity contribution in [3.05, 3.63) is 29.1 Å². The first-order chi connectivity index (χ1) is 9.86. The van der Waals surface area contributed by atoms with Gasteiger partial charge in [-0.1, -0.05) is 12.8 Å². The molecule has 1 aromatic carbocycles. The summed E-state index contributed by atoms with van der Waals surface area (Å²) < 4.78 is 40.4. The van der Waals surface area contributed by atoms with E-state index in [2.05, 4.69) is 0 Å². The molecule has 21 heavy (non-hydrogen) atoms. The van der Waals surface area contributed by atoms with E-state index in [1.54, 1.807) is 0 Å². The van der Waals surface area contributed by atoms with Gasteiger partial charge < -0.3 is 5.11 Å². The smallest absolute Gasteiger partial charge is 0.243 e. The van der Waals surface area contributed by atoms with Crippen molar-refractivity contribution >= 4 is 10.0 Å². The van der Waals surface area contributed by atoms with Crippen LogP contribution >= 0.6 is 0 Å². The fraction of sp³-hybridized carbons (Fsp3) is 0.600. The molecule has 118 valence electrons. The summed E-state index contributed by atoms with van der Waals surface area (Å²) in [4.78, 5) is -0.0490. The summed E-state index contributed by atoms with van der Waals surface area (Å²) in [6.45, 7) is 1.53. The average molecular weight is 315 g/mol. The molecule has 0 amide bonds. The van der Waals surface area contributed by atoms with Gasteiger partial charge in [-0.25, -0.2) is 17.1 Å². The summed E-state index contributed by atoms with van der Waals surface area (Å²) in [7, 11) is -2.19. The third kappa shape index (κ3) is 3.44. The Morgan fingerprint density at radius 2 is 1.95 bits per heavy atom. The first kappa shape index (κ1) is 16.4. The number of sulfonamides is 1. The molecule has 0 aliphatic heterocycles. The van der Waals surface area contributed by atoms with Gasteiger partial charge in [-0.05, 0) is 43.4 Å². The highest BCUT2D eigenvalue weighted by atomic mass is 32.2. The molecule has 1 aliphatic carbocycles. The van der Waals surface area contributed by atoms with Gasteiger partial charge in [-0.15, -0.1) is 0 Å². The predicted octanol–water partition coefficient (Wildman–Crippen LogP) is 2.44. The van der Waals surface area contributed by atoms with Crippen LogP contribution < -0.4 is 0 Å². The van der Waals surface area contributed by atoms with E-state index in [-0.39, 0.29) is 22.6 Å². The molecule has 1 aliphatic rings. The Hall–Kier alpha value is -0.980. The molecule has 1 fully saturated rings. The van der Waals surface area contributed by atoms with Gasteiger partial charge in [-0.2, -0.15) is 0 Å². The molecule has 0 radical (unpaired) electrons. The summed E-state index contributed by atoms with van der Waals surface area (Å²) in [6, 6.07) is 2.53. The molecular formula is C15H22FNO3S. The maximum atomic E-state index is 13.8. The Kier molecular flexibility index (Phi) is 5.01. The molecule has 0 saturated heterocycles. The Balaban J connectivity index is 2.31. The molecule has 0 heterocycles. The Morgan fingerprint density at radius 1 is 1.33 bits per heavy atom. The molecule has 0 atom stereocenters. The molecule has 4 nitrogen and oxygen atoms in total. The lowest BCUT2D eigenvalue weighted by Crippen LogP contribution is -2.32. The maximum absolute atomic E-state index is 13.8. The van der Waals surface area contributed by atoms with Crippen molar-refractivity contribution in [2.24, 2.45) is 5.92 Å². The molecule has 0 unspecified atom stereocenters. The van der Waals surface area contributed by atoms with Crippen LogP contribution in [0.5, 0.6) is 0 Å². The van der Waals surface area contributed by atoms with Crippen molar-refractivity contribution < 1.29 is 17.9 Å². The van der Waals surface area contributed by atoms with Crippen molar-refractivity contribution in [2.45, 2.75) is 44.1 Å². The van der Waals surface area contributed by atoms with Crippen LogP contribution in [0.3, 0.4) is 0 Å². The second kappa shape index (κ2) is 6.42. The normalized spacial score (nSPS) is 16.8. The fourth-order valence-electron chi connectivity index (χ4n) is 2.89. The number of halogens is 1. The van der Waals surface area contributed by atoms with Crippen LogP contribution in [-0.4, -0.2) is 31.4 Å². The number of nitrogens with zero attached hydrogens (tertiary/aromatic N) is 1. The molecule has 6 heteroatoms. The third-order valence-corrected chi connectivity index (χ3v) is 6.17. The second-order valence-electron chi connectivity index (χ2n) is 5.79. The van der Waals surface area contributed by atoms with E-state index in [4.69, 9.17) is 5.11 Å². The maximum Gasteiger partial charge on any atom is 0.243 e. The number of aliphatic hydroxyl groups is 1. The van der Waals surface area contributed by atoms with Gasteiger partial charge in [-0.3, -0.25) is 0 Å². The molecule has 1 aromatic rings. The van der Waals surface area contributed by atoms with Crippen LogP contribution in [0.2, 0.25) is 0 Å². The van der Waals surface area contributed by atoms with E-state index < -0.39 is 15.8 Å². The number of hydrogen-bond donors (Lipinski definition) is 1. The van der Waals surface area contributed by atoms with Crippen molar-refractivity contribution in [1.82, 2.24) is 4.31 Å². The van der Waals surface area contributed by atoms with Crippen LogP contribution in [0, 0.1) is 18.7 Å². The molecule has 0 aromatic heterocycles. The van der Waals surface area contributed by atoms with Crippen LogP contribution in [0.1, 0.15) is 36.8 Å². The minimum atomic E-state index is -3.73. The molecule has 0 spiro atoms. The summed E-state index contributed by atoms with van der Waals surface area (Å²) in [5.41, 5.74) is 0.372. The fourth-order valence-corrected chi connectivity index (χ4v) is 4.42. The monoisotopic (exact) mass is 315 g/mol. The van der Waals surface area contributed by atoms with Crippen molar-refractivity contribution in [2.75, 3.05) is 13.6 Å². The van der Waals surface area contributed by atoms with Crippen LogP contribution in [-0.2, 0) is 16.6 Å². The molecule has 2 rings (SSSR count). The lowest BCUT2D eigenvalue weighted by molar-refractivity contribution is 0.280. The van der Waals surface area contributed by atoms with E-state index in [1.807, 2.05) is 0 Å². The Morgan fingerprint density at radius 3 is 2.52 bits per heavy atom. The summed E-state index contributed by atoms with van der Waals surface area (Å²) in [6.07, 6.45) is 4.38. The van der Waals surface area contributed by atoms with Gasteiger partial charge in [0.1, 0.15) is 5.82 Å². The molecule has 1 N–H and O–H groups in total. The standard InChI is InChI=1S/C15H22FNO3S/c1-11-14(16)7-13(10-18)8-15(11)21(19,20)17(2)9-12-5-3-4-6-12/h7-8,12,18H,3-6,9-10H2,1-2H3. The van der Waals surface area contributed by atoms with E-state index in [9.17, 15) is 12.8 Å². The lowest BCUT2D eigenvalue weighted by Gasteiger charge is -2.22. The third-order valence-electron chi connectivity index (χ3n) is 4.22. The van der Waals surface area contributed by atoms with Crippen molar-refractivity contribution in [3.63, 3.8) is 0 Å². The lowest BCUT2D eigenvalue weighted by atomic mass is 10.1. The van der Waals surface area contributed by atoms with Crippen molar-refractivity contribution in [3.8, 4) is 0 Å². The summed E-state index contributed by atoms with van der Waals surface area (Å²) >= 11 is 0. The van der Waals surface area contributed by atoms with Crippen LogP contribution in [0.4, 0.5) is 4.39 Å². The van der Waals surface area contributed by atoms with Crippen molar-refractivity contribution in [1.29, 1.82) is 0 Å². The van der Waals surface area contributed by atoms with Gasteiger partial charge in [0, 0.05) is 19.2 Å². The number of aliphatic hydroxyl groups excluding tert-OH is 1. The van der Waals surface area contributed by atoms with Gasteiger partial charge in [0.05, 0.1) is 11.5 Å². The second-order valence-corrected chi connectivity index (χ2v) is 7.81. The van der Waals surface area contributed by atoms with Gasteiger partial charge >= 0.3 is 0 Å². The highest BCUT2D eigenvalue weighted by molar-refractivity contribution is 7.89. The minimum absolute atomic E-state index is 0.0490. The van der Waals surface area contributed by atoms with Gasteiger partial charge in [0.25, 0.3) is 0 Å². The van der Waals surface area contributed by atoms with E-state index in [0.29, 0.717) is 12.5 Å². The van der Waals surface area contributed by atoms with Crippen LogP contribution in [0.15, 0.2) is 17.0 Å². The topological polar surface area (TPSA) is 57.6 Å². The number of hydrogen-bond acceptors (Lipinski definition) is 3. The average Bonchev–Trinajstić information content (AvgIpc) is 2.94. The van der Waals surface area contributed by atoms with Gasteiger partial charge in [0.2, 0.25) is 10.0 Å². The highest BCUT2D eigenvalue weighted by Crippen LogP contribution is 2.28. The van der Waals surface area contributed by atoms with Crippen LogP contribution in [0.25, 0.3) is 0 Å². The van der Waals surface area contributed by atoms with Gasteiger partial charge in [0.15, 0.2) is 0 Å². The zero-order chi connectivity index (χ0) is 15.6. The molecule has 1 saturated carbocycles. The first-order valence-electron chi connectivity index (χ1n) is 7.22. The Bertz CT molecular complexity index is 610. The quantitative estimate of drug-likeness (QED) is 0.908. The highest BCUT2D eigenvalue weighted by Gasteiger charge is 2.28. The summed E-state index contributed by atoms with van der Waals surface area (Å²) in [5.74, 6) is -0.217. The summed E-state index contributed by atoms with van der Waals surface area (Å²) in [5, 5.41) is 9.14. The van der Waals surface area contributed by atoms with E-state index in [1.165, 1.54) is 30.4 Å². The SMILES string of the molecule is Cc1c(F)cc(CO)cc1S(=O)(=O)N(C)CC1CCCC1. The van der Waals surface area contributed by atoms with E-state index >= 15 is 0 Å². The zero-order valence-corrected chi connectivity index (χ0v) is 13.3. The predicted molar refractivity (Wildman–Crippen MR) is 78.8 cm³/mol. The first-order valence-corrected chi connectivity index (χ1v) is 8.66. The number of benzene rings is 1. The number of rotatable bonds is 5. The largest absolute Gasteiger partial charge is 0.392 e. The van der Waals surface area contributed by atoms with E-state index in [0.717, 1.165) is 25.7 Å². The minimum Gasteiger partial charge on any atom is -0.392 e. The molecule has 0 bridgehead atoms. The Labute approximate surface area is 125 Å². The molecular weight excluding hydrogens is 293 g/mol. The zero-order valence-electron chi connectivity index (χ0n) is 12.5.